The molecule has 0 fully saturated rings. The van der Waals surface area contributed by atoms with E-state index in [1.807, 2.05) is 6.07 Å². The molecule has 3 N–H and O–H groups in total. The minimum absolute atomic E-state index is 0.0671. The first-order chi connectivity index (χ1) is 7.63. The van der Waals surface area contributed by atoms with Gasteiger partial charge in [-0.2, -0.15) is 0 Å². The lowest BCUT2D eigenvalue weighted by Crippen LogP contribution is -2.35. The van der Waals surface area contributed by atoms with Gasteiger partial charge in [0.1, 0.15) is 5.75 Å². The number of hydrogen-bond acceptors (Lipinski definition) is 3. The predicted octanol–water partition coefficient (Wildman–Crippen LogP) is 0.822. The Morgan fingerprint density at radius 3 is 2.75 bits per heavy atom. The van der Waals surface area contributed by atoms with Gasteiger partial charge in [0, 0.05) is 12.5 Å². The summed E-state index contributed by atoms with van der Waals surface area (Å²) >= 11 is 0. The maximum atomic E-state index is 11.4. The first-order valence-corrected chi connectivity index (χ1v) is 5.30. The largest absolute Gasteiger partial charge is 0.508 e. The van der Waals surface area contributed by atoms with Crippen LogP contribution in [0.25, 0.3) is 0 Å². The number of aliphatic hydroxyl groups is 1. The van der Waals surface area contributed by atoms with Gasteiger partial charge in [0.15, 0.2) is 0 Å². The molecule has 0 saturated carbocycles. The number of nitrogens with one attached hydrogen (secondary N) is 1. The summed E-state index contributed by atoms with van der Waals surface area (Å²) in [6, 6.07) is 6.73. The Labute approximate surface area is 94.9 Å². The Hall–Kier alpha value is -1.55. The number of phenolic OH excluding ortho intramolecular Hbond substituents is 1. The smallest absolute Gasteiger partial charge is 0.220 e. The van der Waals surface area contributed by atoms with Crippen LogP contribution in [0.1, 0.15) is 18.9 Å². The third-order valence-electron chi connectivity index (χ3n) is 2.29. The molecule has 1 atom stereocenters. The summed E-state index contributed by atoms with van der Waals surface area (Å²) in [5.74, 6) is 0.0929. The summed E-state index contributed by atoms with van der Waals surface area (Å²) in [5.41, 5.74) is 0.759. The van der Waals surface area contributed by atoms with Crippen LogP contribution in [0.4, 0.5) is 0 Å². The number of aliphatic hydroxyl groups excluding tert-OH is 1. The number of amides is 1. The standard InChI is InChI=1S/C12H17NO3/c1-9(8-14)13-12(16)7-6-10-4-2-3-5-11(10)15/h2-5,9,14-15H,6-8H2,1H3,(H,13,16)/t9-/m0/s1. The normalized spacial score (nSPS) is 12.1. The second-order valence-corrected chi connectivity index (χ2v) is 3.78. The molecule has 88 valence electrons. The Kier molecular flexibility index (Phi) is 4.79. The van der Waals surface area contributed by atoms with E-state index in [1.165, 1.54) is 0 Å². The highest BCUT2D eigenvalue weighted by Crippen LogP contribution is 2.16. The van der Waals surface area contributed by atoms with Gasteiger partial charge in [0.2, 0.25) is 5.91 Å². The van der Waals surface area contributed by atoms with E-state index >= 15 is 0 Å². The fourth-order valence-corrected chi connectivity index (χ4v) is 1.36. The lowest BCUT2D eigenvalue weighted by Gasteiger charge is -2.10. The van der Waals surface area contributed by atoms with Crippen LogP contribution in [-0.2, 0) is 11.2 Å². The summed E-state index contributed by atoms with van der Waals surface area (Å²) in [6.45, 7) is 1.67. The number of hydrogen-bond donors (Lipinski definition) is 3. The van der Waals surface area contributed by atoms with E-state index in [-0.39, 0.29) is 24.3 Å². The van der Waals surface area contributed by atoms with Gasteiger partial charge in [-0.3, -0.25) is 4.79 Å². The van der Waals surface area contributed by atoms with E-state index < -0.39 is 0 Å². The highest BCUT2D eigenvalue weighted by molar-refractivity contribution is 5.76. The fraction of sp³-hybridized carbons (Fsp3) is 0.417. The van der Waals surface area contributed by atoms with Gasteiger partial charge in [-0.05, 0) is 25.0 Å². The molecule has 0 unspecified atom stereocenters. The molecule has 4 heteroatoms. The van der Waals surface area contributed by atoms with Crippen molar-refractivity contribution in [1.29, 1.82) is 0 Å². The van der Waals surface area contributed by atoms with Crippen LogP contribution >= 0.6 is 0 Å². The molecule has 0 heterocycles. The van der Waals surface area contributed by atoms with E-state index in [0.29, 0.717) is 12.8 Å². The SMILES string of the molecule is C[C@@H](CO)NC(=O)CCc1ccccc1O. The van der Waals surface area contributed by atoms with Crippen molar-refractivity contribution < 1.29 is 15.0 Å². The van der Waals surface area contributed by atoms with Crippen molar-refractivity contribution in [3.63, 3.8) is 0 Å². The van der Waals surface area contributed by atoms with Gasteiger partial charge in [-0.15, -0.1) is 0 Å². The van der Waals surface area contributed by atoms with E-state index in [4.69, 9.17) is 5.11 Å². The summed E-state index contributed by atoms with van der Waals surface area (Å²) < 4.78 is 0. The summed E-state index contributed by atoms with van der Waals surface area (Å²) in [4.78, 5) is 11.4. The molecule has 1 aromatic rings. The zero-order valence-electron chi connectivity index (χ0n) is 9.31. The van der Waals surface area contributed by atoms with Crippen LogP contribution in [0.3, 0.4) is 0 Å². The highest BCUT2D eigenvalue weighted by atomic mass is 16.3. The first-order valence-electron chi connectivity index (χ1n) is 5.30. The Bertz CT molecular complexity index is 352. The fourth-order valence-electron chi connectivity index (χ4n) is 1.36. The molecular formula is C12H17NO3. The van der Waals surface area contributed by atoms with Crippen molar-refractivity contribution in [3.8, 4) is 5.75 Å². The average molecular weight is 223 g/mol. The lowest BCUT2D eigenvalue weighted by molar-refractivity contribution is -0.121. The third kappa shape index (κ3) is 3.90. The van der Waals surface area contributed by atoms with Crippen molar-refractivity contribution in [3.05, 3.63) is 29.8 Å². The maximum absolute atomic E-state index is 11.4. The number of phenols is 1. The highest BCUT2D eigenvalue weighted by Gasteiger charge is 2.07. The van der Waals surface area contributed by atoms with E-state index in [1.54, 1.807) is 25.1 Å². The first kappa shape index (κ1) is 12.5. The van der Waals surface area contributed by atoms with Crippen LogP contribution < -0.4 is 5.32 Å². The summed E-state index contributed by atoms with van der Waals surface area (Å²) in [7, 11) is 0. The number of aromatic hydroxyl groups is 1. The number of carbonyl (C=O) groups is 1. The van der Waals surface area contributed by atoms with Crippen LogP contribution in [-0.4, -0.2) is 28.8 Å². The zero-order chi connectivity index (χ0) is 12.0. The molecule has 1 rings (SSSR count). The van der Waals surface area contributed by atoms with E-state index in [2.05, 4.69) is 5.32 Å². The van der Waals surface area contributed by atoms with Gasteiger partial charge in [0.05, 0.1) is 6.61 Å². The van der Waals surface area contributed by atoms with Crippen molar-refractivity contribution in [2.75, 3.05) is 6.61 Å². The Balaban J connectivity index is 2.40. The number of carbonyl (C=O) groups excluding carboxylic acids is 1. The molecule has 1 amide bonds. The quantitative estimate of drug-likeness (QED) is 0.692. The monoisotopic (exact) mass is 223 g/mol. The van der Waals surface area contributed by atoms with Gasteiger partial charge in [-0.25, -0.2) is 0 Å². The van der Waals surface area contributed by atoms with Gasteiger partial charge >= 0.3 is 0 Å². The lowest BCUT2D eigenvalue weighted by atomic mass is 10.1. The predicted molar refractivity (Wildman–Crippen MR) is 61.1 cm³/mol. The van der Waals surface area contributed by atoms with Crippen molar-refractivity contribution >= 4 is 5.91 Å². The molecule has 0 saturated heterocycles. The average Bonchev–Trinajstić information content (AvgIpc) is 2.28. The van der Waals surface area contributed by atoms with Crippen molar-refractivity contribution in [2.45, 2.75) is 25.8 Å². The van der Waals surface area contributed by atoms with Crippen LogP contribution in [0.2, 0.25) is 0 Å². The van der Waals surface area contributed by atoms with Crippen LogP contribution in [0.15, 0.2) is 24.3 Å². The molecule has 0 radical (unpaired) electrons. The Morgan fingerprint density at radius 1 is 1.44 bits per heavy atom. The van der Waals surface area contributed by atoms with Crippen LogP contribution in [0.5, 0.6) is 5.75 Å². The number of aryl methyl sites for hydroxylation is 1. The molecule has 1 aromatic carbocycles. The molecule has 0 spiro atoms. The molecule has 0 aliphatic carbocycles. The third-order valence-corrected chi connectivity index (χ3v) is 2.29. The minimum Gasteiger partial charge on any atom is -0.508 e. The molecule has 16 heavy (non-hydrogen) atoms. The number of para-hydroxylation sites is 1. The van der Waals surface area contributed by atoms with E-state index in [0.717, 1.165) is 5.56 Å². The second-order valence-electron chi connectivity index (χ2n) is 3.78. The maximum Gasteiger partial charge on any atom is 0.220 e. The Morgan fingerprint density at radius 2 is 2.12 bits per heavy atom. The molecule has 0 bridgehead atoms. The van der Waals surface area contributed by atoms with E-state index in [9.17, 15) is 9.90 Å². The summed E-state index contributed by atoms with van der Waals surface area (Å²) in [5, 5.41) is 20.9. The molecule has 4 nitrogen and oxygen atoms in total. The number of benzene rings is 1. The van der Waals surface area contributed by atoms with Gasteiger partial charge in [0.25, 0.3) is 0 Å². The van der Waals surface area contributed by atoms with Crippen molar-refractivity contribution in [1.82, 2.24) is 5.32 Å². The minimum atomic E-state index is -0.225. The molecule has 0 aliphatic rings. The van der Waals surface area contributed by atoms with Crippen LogP contribution in [0, 0.1) is 0 Å². The zero-order valence-corrected chi connectivity index (χ0v) is 9.31. The van der Waals surface area contributed by atoms with Crippen molar-refractivity contribution in [2.24, 2.45) is 0 Å². The molecule has 0 aliphatic heterocycles. The second kappa shape index (κ2) is 6.12. The molecular weight excluding hydrogens is 206 g/mol. The topological polar surface area (TPSA) is 69.6 Å². The van der Waals surface area contributed by atoms with Gasteiger partial charge in [-0.1, -0.05) is 18.2 Å². The summed E-state index contributed by atoms with van der Waals surface area (Å²) in [6.07, 6.45) is 0.804. The molecule has 0 aromatic heterocycles. The van der Waals surface area contributed by atoms with Gasteiger partial charge < -0.3 is 15.5 Å². The number of rotatable bonds is 5.